The van der Waals surface area contributed by atoms with Crippen LogP contribution in [0.25, 0.3) is 26.6 Å². The van der Waals surface area contributed by atoms with E-state index in [0.29, 0.717) is 23.1 Å². The van der Waals surface area contributed by atoms with Crippen LogP contribution in [-0.4, -0.2) is 97.7 Å². The number of benzene rings is 3. The van der Waals surface area contributed by atoms with Gasteiger partial charge in [0.1, 0.15) is 28.7 Å². The average Bonchev–Trinajstić information content (AvgIpc) is 4.09. The predicted molar refractivity (Wildman–Crippen MR) is 261 cm³/mol. The summed E-state index contributed by atoms with van der Waals surface area (Å²) in [6, 6.07) is 20.9. The predicted octanol–water partition coefficient (Wildman–Crippen LogP) is 7.31. The normalized spacial score (nSPS) is 17.5. The molecule has 2 aliphatic heterocycles. The van der Waals surface area contributed by atoms with Crippen molar-refractivity contribution in [1.82, 2.24) is 40.6 Å². The van der Waals surface area contributed by atoms with Gasteiger partial charge in [-0.2, -0.15) is 0 Å². The summed E-state index contributed by atoms with van der Waals surface area (Å²) in [7, 11) is 1.30. The number of carbonyl (C=O) groups excluding carboxylic acids is 4. The zero-order valence-corrected chi connectivity index (χ0v) is 41.0. The summed E-state index contributed by atoms with van der Waals surface area (Å²) in [5.74, 6) is 0.256. The number of carbonyl (C=O) groups is 4. The highest BCUT2D eigenvalue weighted by atomic mass is 32.1. The molecule has 2 unspecified atom stereocenters. The third kappa shape index (κ3) is 9.79. The quantitative estimate of drug-likeness (QED) is 0.0964. The van der Waals surface area contributed by atoms with E-state index in [1.807, 2.05) is 112 Å². The minimum atomic E-state index is -1.01. The molecule has 5 heterocycles. The van der Waals surface area contributed by atoms with Crippen molar-refractivity contribution in [3.63, 3.8) is 0 Å². The number of methoxy groups -OCH3 is 1. The molecule has 4 N–H and O–H groups in total. The molecule has 0 bridgehead atoms. The lowest BCUT2D eigenvalue weighted by atomic mass is 9.85. The summed E-state index contributed by atoms with van der Waals surface area (Å²) < 4.78 is 12.8. The van der Waals surface area contributed by atoms with Crippen LogP contribution < -0.4 is 20.7 Å². The Kier molecular flexibility index (Phi) is 13.7. The Morgan fingerprint density at radius 1 is 0.882 bits per heavy atom. The Hall–Kier alpha value is -6.76. The molecule has 6 aromatic rings. The number of aryl methyl sites for hydroxylation is 3. The van der Waals surface area contributed by atoms with Crippen LogP contribution in [0.5, 0.6) is 5.75 Å². The molecule has 0 spiro atoms. The first-order chi connectivity index (χ1) is 32.4. The van der Waals surface area contributed by atoms with E-state index < -0.39 is 47.7 Å². The lowest BCUT2D eigenvalue weighted by Gasteiger charge is -2.35. The van der Waals surface area contributed by atoms with E-state index in [1.54, 1.807) is 34.8 Å². The maximum atomic E-state index is 14.2. The second-order valence-electron chi connectivity index (χ2n) is 18.2. The molecule has 18 heteroatoms. The van der Waals surface area contributed by atoms with Crippen molar-refractivity contribution in [3.05, 3.63) is 123 Å². The number of hydrogen-bond donors (Lipinski definition) is 4. The monoisotopic (exact) mass is 957 g/mol. The van der Waals surface area contributed by atoms with Crippen molar-refractivity contribution in [2.45, 2.75) is 92.2 Å². The van der Waals surface area contributed by atoms with Gasteiger partial charge in [-0.05, 0) is 80.0 Å². The summed E-state index contributed by atoms with van der Waals surface area (Å²) in [6.07, 6.45) is -2.31. The van der Waals surface area contributed by atoms with Gasteiger partial charge in [-0.25, -0.2) is 9.78 Å². The number of aromatic nitrogens is 4. The van der Waals surface area contributed by atoms with Crippen LogP contribution in [0.2, 0.25) is 0 Å². The van der Waals surface area contributed by atoms with Crippen LogP contribution in [0.1, 0.15) is 90.8 Å². The maximum absolute atomic E-state index is 14.2. The lowest BCUT2D eigenvalue weighted by Crippen LogP contribution is -2.58. The van der Waals surface area contributed by atoms with E-state index in [0.717, 1.165) is 59.4 Å². The van der Waals surface area contributed by atoms with Gasteiger partial charge in [0.2, 0.25) is 11.8 Å². The molecule has 2 aliphatic rings. The zero-order valence-electron chi connectivity index (χ0n) is 39.4. The highest BCUT2D eigenvalue weighted by Gasteiger charge is 2.45. The Balaban J connectivity index is 0.905. The van der Waals surface area contributed by atoms with Gasteiger partial charge in [-0.3, -0.25) is 29.3 Å². The number of rotatable bonds is 12. The van der Waals surface area contributed by atoms with E-state index in [9.17, 15) is 24.3 Å². The van der Waals surface area contributed by atoms with Crippen molar-refractivity contribution in [2.24, 2.45) is 10.4 Å². The number of fused-ring (bicyclic) bond motifs is 3. The van der Waals surface area contributed by atoms with E-state index >= 15 is 0 Å². The topological polar surface area (TPSA) is 202 Å². The zero-order chi connectivity index (χ0) is 48.6. The Labute approximate surface area is 402 Å². The van der Waals surface area contributed by atoms with Crippen molar-refractivity contribution in [1.29, 1.82) is 0 Å². The smallest absolute Gasteiger partial charge is 0.408 e. The number of amides is 4. The fourth-order valence-corrected chi connectivity index (χ4v) is 10.5. The second-order valence-corrected chi connectivity index (χ2v) is 20.3. The van der Waals surface area contributed by atoms with E-state index in [2.05, 4.69) is 45.0 Å². The molecule has 1 fully saturated rings. The van der Waals surface area contributed by atoms with Gasteiger partial charge in [0.25, 0.3) is 5.91 Å². The molecule has 0 radical (unpaired) electrons. The largest absolute Gasteiger partial charge is 0.484 e. The lowest BCUT2D eigenvalue weighted by molar-refractivity contribution is -0.144. The van der Waals surface area contributed by atoms with Gasteiger partial charge in [-0.1, -0.05) is 81.4 Å². The summed E-state index contributed by atoms with van der Waals surface area (Å²) in [6.45, 7) is 15.0. The molecular formula is C50H55N9O7S2. The summed E-state index contributed by atoms with van der Waals surface area (Å²) in [5, 5.41) is 29.0. The van der Waals surface area contributed by atoms with Gasteiger partial charge in [0.15, 0.2) is 18.6 Å². The molecule has 354 valence electrons. The van der Waals surface area contributed by atoms with Gasteiger partial charge >= 0.3 is 6.09 Å². The maximum Gasteiger partial charge on any atom is 0.408 e. The number of hydrogen-bond acceptors (Lipinski definition) is 13. The van der Waals surface area contributed by atoms with Crippen molar-refractivity contribution in [2.75, 3.05) is 20.3 Å². The van der Waals surface area contributed by atoms with Crippen LogP contribution in [0.4, 0.5) is 4.79 Å². The summed E-state index contributed by atoms with van der Waals surface area (Å²) >= 11 is 3.19. The minimum absolute atomic E-state index is 0.0365. The van der Waals surface area contributed by atoms with E-state index in [1.165, 1.54) is 12.0 Å². The number of aliphatic imine (C=N–C) groups is 1. The van der Waals surface area contributed by atoms with Crippen molar-refractivity contribution in [3.8, 4) is 32.3 Å². The standard InChI is InChI=1S/C50H55N9O7S2/c1-26-29(4)68-48-40(26)41(54-44(55-49(64)65-9)45-57-56-30(5)59(45)48)34-14-12-32(13-15-34)33-18-20-37(21-19-33)66-24-39(61)53-43(50(6,7)8)47(63)58-23-36(60)22-38(58)46(62)52-27(2)31-10-16-35(17-11-31)42-28(3)51-25-67-42/h10-21,25,27,36,38,43-44,60H,22-24H2,1-9H3,(H,52,62)(H,53,61)(H,55,64)/t27-,36+,38-,43?,44?/m0/s1. The molecule has 16 nitrogen and oxygen atoms in total. The summed E-state index contributed by atoms with van der Waals surface area (Å²) in [4.78, 5) is 66.8. The number of β-amino-alcohol motifs (C(OH)–C–C–N with tert-alkyl or cyclic N) is 1. The molecule has 1 saturated heterocycles. The minimum Gasteiger partial charge on any atom is -0.484 e. The number of nitrogens with zero attached hydrogens (tertiary/aromatic N) is 6. The molecular weight excluding hydrogens is 903 g/mol. The Morgan fingerprint density at radius 2 is 1.53 bits per heavy atom. The number of thiophene rings is 1. The molecule has 68 heavy (non-hydrogen) atoms. The number of aliphatic hydroxyl groups is 1. The average molecular weight is 958 g/mol. The number of ether oxygens (including phenoxy) is 2. The van der Waals surface area contributed by atoms with Crippen LogP contribution in [0, 0.1) is 33.1 Å². The molecule has 5 atom stereocenters. The summed E-state index contributed by atoms with van der Waals surface area (Å²) in [5.41, 5.74) is 9.36. The molecule has 3 aromatic heterocycles. The molecule has 0 aliphatic carbocycles. The van der Waals surface area contributed by atoms with Crippen molar-refractivity contribution < 1.29 is 33.8 Å². The van der Waals surface area contributed by atoms with Crippen LogP contribution in [0.15, 0.2) is 83.3 Å². The SMILES string of the molecule is COC(=O)NC1N=C(c2ccc(-c3ccc(OCC(=O)NC(C(=O)N4C[C@H](O)C[C@H]4C(=O)N[C@@H](C)c4ccc(-c5scnc5C)cc4)C(C)(C)C)cc3)cc2)c2c(sc(C)c2C)-n2c(C)nnc21. The molecule has 0 saturated carbocycles. The van der Waals surface area contributed by atoms with Crippen molar-refractivity contribution >= 4 is 52.2 Å². The van der Waals surface area contributed by atoms with Gasteiger partial charge in [0.05, 0.1) is 41.0 Å². The highest BCUT2D eigenvalue weighted by Crippen LogP contribution is 2.39. The Morgan fingerprint density at radius 3 is 2.16 bits per heavy atom. The van der Waals surface area contributed by atoms with Gasteiger partial charge < -0.3 is 30.1 Å². The fraction of sp³-hybridized carbons (Fsp3) is 0.360. The van der Waals surface area contributed by atoms with E-state index in [-0.39, 0.29) is 31.5 Å². The van der Waals surface area contributed by atoms with Crippen LogP contribution in [0.3, 0.4) is 0 Å². The fourth-order valence-electron chi connectivity index (χ4n) is 8.52. The molecule has 8 rings (SSSR count). The molecule has 3 aromatic carbocycles. The highest BCUT2D eigenvalue weighted by molar-refractivity contribution is 7.15. The Bertz CT molecular complexity index is 2880. The number of likely N-dealkylation sites (tertiary alicyclic amines) is 1. The first kappa shape index (κ1) is 47.7. The number of alkyl carbamates (subject to hydrolysis) is 1. The first-order valence-electron chi connectivity index (χ1n) is 22.3. The number of aliphatic hydroxyl groups excluding tert-OH is 1. The number of nitrogens with one attached hydrogen (secondary N) is 3. The van der Waals surface area contributed by atoms with Crippen LogP contribution in [-0.2, 0) is 19.1 Å². The van der Waals surface area contributed by atoms with Gasteiger partial charge in [-0.15, -0.1) is 32.9 Å². The third-order valence-corrected chi connectivity index (χ3v) is 14.5. The first-order valence-corrected chi connectivity index (χ1v) is 24.0. The van der Waals surface area contributed by atoms with Gasteiger partial charge in [0, 0.05) is 29.0 Å². The van der Waals surface area contributed by atoms with E-state index in [4.69, 9.17) is 14.5 Å². The number of thiazole rings is 1. The van der Waals surface area contributed by atoms with Crippen LogP contribution >= 0.6 is 22.7 Å². The second kappa shape index (κ2) is 19.5. The molecule has 4 amide bonds. The third-order valence-electron chi connectivity index (χ3n) is 12.4.